The quantitative estimate of drug-likeness (QED) is 0.761. The van der Waals surface area contributed by atoms with Crippen molar-refractivity contribution in [3.63, 3.8) is 0 Å². The number of nitrogens with zero attached hydrogens (tertiary/aromatic N) is 1. The fourth-order valence-corrected chi connectivity index (χ4v) is 2.30. The molecule has 1 aliphatic rings. The van der Waals surface area contributed by atoms with E-state index in [2.05, 4.69) is 18.7 Å². The Morgan fingerprint density at radius 2 is 2.00 bits per heavy atom. The van der Waals surface area contributed by atoms with Crippen LogP contribution in [0.2, 0.25) is 0 Å². The summed E-state index contributed by atoms with van der Waals surface area (Å²) in [5.41, 5.74) is 0. The third kappa shape index (κ3) is 5.17. The minimum absolute atomic E-state index is 0.342. The highest BCUT2D eigenvalue weighted by molar-refractivity contribution is 5.66. The van der Waals surface area contributed by atoms with Gasteiger partial charge in [0.15, 0.2) is 0 Å². The van der Waals surface area contributed by atoms with Crippen LogP contribution in [0.4, 0.5) is 0 Å². The van der Waals surface area contributed by atoms with E-state index in [1.54, 1.807) is 0 Å². The van der Waals surface area contributed by atoms with Crippen LogP contribution in [0, 0.1) is 11.8 Å². The van der Waals surface area contributed by atoms with Crippen molar-refractivity contribution in [1.29, 1.82) is 0 Å². The second-order valence-corrected chi connectivity index (χ2v) is 5.07. The third-order valence-corrected chi connectivity index (χ3v) is 3.10. The standard InChI is InChI=1S/C12H23NO2/c1-10(2)9-13-7-5-11(6-8-13)3-4-12(14)15/h10-11H,3-9H2,1-2H3,(H,14,15). The average molecular weight is 213 g/mol. The number of hydrogen-bond acceptors (Lipinski definition) is 2. The van der Waals surface area contributed by atoms with Gasteiger partial charge in [-0.1, -0.05) is 13.8 Å². The smallest absolute Gasteiger partial charge is 0.303 e. The highest BCUT2D eigenvalue weighted by atomic mass is 16.4. The molecule has 0 aromatic rings. The first-order valence-corrected chi connectivity index (χ1v) is 6.02. The molecule has 0 unspecified atom stereocenters. The Morgan fingerprint density at radius 1 is 1.40 bits per heavy atom. The summed E-state index contributed by atoms with van der Waals surface area (Å²) in [6.07, 6.45) is 3.57. The summed E-state index contributed by atoms with van der Waals surface area (Å²) < 4.78 is 0. The van der Waals surface area contributed by atoms with Crippen LogP contribution in [0.3, 0.4) is 0 Å². The molecule has 1 fully saturated rings. The zero-order chi connectivity index (χ0) is 11.3. The molecule has 1 N–H and O–H groups in total. The van der Waals surface area contributed by atoms with Crippen LogP contribution in [-0.4, -0.2) is 35.6 Å². The zero-order valence-electron chi connectivity index (χ0n) is 9.91. The molecule has 0 aromatic heterocycles. The van der Waals surface area contributed by atoms with Gasteiger partial charge in [0.25, 0.3) is 0 Å². The van der Waals surface area contributed by atoms with Crippen molar-refractivity contribution in [1.82, 2.24) is 4.90 Å². The lowest BCUT2D eigenvalue weighted by molar-refractivity contribution is -0.137. The first-order chi connectivity index (χ1) is 7.08. The molecule has 0 amide bonds. The third-order valence-electron chi connectivity index (χ3n) is 3.10. The second-order valence-electron chi connectivity index (χ2n) is 5.07. The first-order valence-electron chi connectivity index (χ1n) is 6.02. The van der Waals surface area contributed by atoms with Gasteiger partial charge < -0.3 is 10.0 Å². The van der Waals surface area contributed by atoms with Gasteiger partial charge in [-0.2, -0.15) is 0 Å². The predicted molar refractivity (Wildman–Crippen MR) is 60.9 cm³/mol. The van der Waals surface area contributed by atoms with Crippen LogP contribution in [0.5, 0.6) is 0 Å². The van der Waals surface area contributed by atoms with E-state index in [4.69, 9.17) is 5.11 Å². The molecular formula is C12H23NO2. The lowest BCUT2D eigenvalue weighted by Gasteiger charge is -2.32. The lowest BCUT2D eigenvalue weighted by atomic mass is 9.92. The molecule has 3 heteroatoms. The molecule has 1 aliphatic heterocycles. The highest BCUT2D eigenvalue weighted by Gasteiger charge is 2.19. The van der Waals surface area contributed by atoms with Gasteiger partial charge in [-0.15, -0.1) is 0 Å². The van der Waals surface area contributed by atoms with E-state index in [-0.39, 0.29) is 0 Å². The van der Waals surface area contributed by atoms with Crippen molar-refractivity contribution >= 4 is 5.97 Å². The molecule has 0 spiro atoms. The summed E-state index contributed by atoms with van der Waals surface area (Å²) in [4.78, 5) is 12.9. The van der Waals surface area contributed by atoms with Crippen molar-refractivity contribution < 1.29 is 9.90 Å². The molecule has 0 bridgehead atoms. The van der Waals surface area contributed by atoms with Gasteiger partial charge in [-0.3, -0.25) is 4.79 Å². The normalized spacial score (nSPS) is 19.7. The van der Waals surface area contributed by atoms with Gasteiger partial charge in [0, 0.05) is 13.0 Å². The predicted octanol–water partition coefficient (Wildman–Crippen LogP) is 2.22. The Morgan fingerprint density at radius 3 is 2.47 bits per heavy atom. The van der Waals surface area contributed by atoms with E-state index < -0.39 is 5.97 Å². The van der Waals surface area contributed by atoms with E-state index in [0.717, 1.165) is 25.4 Å². The largest absolute Gasteiger partial charge is 0.481 e. The summed E-state index contributed by atoms with van der Waals surface area (Å²) in [6, 6.07) is 0. The molecule has 0 aliphatic carbocycles. The second kappa shape index (κ2) is 6.11. The maximum absolute atomic E-state index is 10.4. The van der Waals surface area contributed by atoms with Crippen molar-refractivity contribution in [3.05, 3.63) is 0 Å². The van der Waals surface area contributed by atoms with Crippen LogP contribution < -0.4 is 0 Å². The molecule has 3 nitrogen and oxygen atoms in total. The molecule has 15 heavy (non-hydrogen) atoms. The van der Waals surface area contributed by atoms with E-state index in [1.165, 1.54) is 19.4 Å². The molecule has 0 atom stereocenters. The Labute approximate surface area is 92.5 Å². The topological polar surface area (TPSA) is 40.5 Å². The van der Waals surface area contributed by atoms with Gasteiger partial charge in [-0.05, 0) is 44.2 Å². The van der Waals surface area contributed by atoms with Crippen LogP contribution in [0.25, 0.3) is 0 Å². The minimum atomic E-state index is -0.653. The SMILES string of the molecule is CC(C)CN1CCC(CCC(=O)O)CC1. The Kier molecular flexibility index (Phi) is 5.09. The lowest BCUT2D eigenvalue weighted by Crippen LogP contribution is -2.36. The molecule has 1 saturated heterocycles. The van der Waals surface area contributed by atoms with Crippen molar-refractivity contribution in [3.8, 4) is 0 Å². The van der Waals surface area contributed by atoms with Crippen molar-refractivity contribution in [2.75, 3.05) is 19.6 Å². The van der Waals surface area contributed by atoms with Gasteiger partial charge >= 0.3 is 5.97 Å². The fourth-order valence-electron chi connectivity index (χ4n) is 2.30. The van der Waals surface area contributed by atoms with E-state index in [1.807, 2.05) is 0 Å². The molecule has 0 radical (unpaired) electrons. The maximum Gasteiger partial charge on any atom is 0.303 e. The molecule has 0 aromatic carbocycles. The molecule has 88 valence electrons. The van der Waals surface area contributed by atoms with Gasteiger partial charge in [0.05, 0.1) is 0 Å². The van der Waals surface area contributed by atoms with E-state index in [0.29, 0.717) is 12.3 Å². The van der Waals surface area contributed by atoms with Crippen LogP contribution >= 0.6 is 0 Å². The minimum Gasteiger partial charge on any atom is -0.481 e. The van der Waals surface area contributed by atoms with Gasteiger partial charge in [-0.25, -0.2) is 0 Å². The Hall–Kier alpha value is -0.570. The monoisotopic (exact) mass is 213 g/mol. The molecule has 0 saturated carbocycles. The number of hydrogen-bond donors (Lipinski definition) is 1. The van der Waals surface area contributed by atoms with Crippen LogP contribution in [0.1, 0.15) is 39.5 Å². The van der Waals surface area contributed by atoms with Crippen molar-refractivity contribution in [2.45, 2.75) is 39.5 Å². The van der Waals surface area contributed by atoms with E-state index >= 15 is 0 Å². The number of aliphatic carboxylic acids is 1. The number of carboxylic acids is 1. The summed E-state index contributed by atoms with van der Waals surface area (Å²) in [5, 5.41) is 8.60. The Balaban J connectivity index is 2.15. The summed E-state index contributed by atoms with van der Waals surface area (Å²) in [6.45, 7) is 7.99. The fraction of sp³-hybridized carbons (Fsp3) is 0.917. The molecule has 1 heterocycles. The number of carboxylic acid groups (broad SMARTS) is 1. The molecular weight excluding hydrogens is 190 g/mol. The number of piperidine rings is 1. The van der Waals surface area contributed by atoms with Crippen LogP contribution in [0.15, 0.2) is 0 Å². The maximum atomic E-state index is 10.4. The molecule has 1 rings (SSSR count). The van der Waals surface area contributed by atoms with E-state index in [9.17, 15) is 4.79 Å². The number of likely N-dealkylation sites (tertiary alicyclic amines) is 1. The first kappa shape index (κ1) is 12.5. The van der Waals surface area contributed by atoms with Crippen LogP contribution in [-0.2, 0) is 4.79 Å². The number of carbonyl (C=O) groups is 1. The van der Waals surface area contributed by atoms with Crippen molar-refractivity contribution in [2.24, 2.45) is 11.8 Å². The van der Waals surface area contributed by atoms with Gasteiger partial charge in [0.2, 0.25) is 0 Å². The summed E-state index contributed by atoms with van der Waals surface area (Å²) in [7, 11) is 0. The van der Waals surface area contributed by atoms with Gasteiger partial charge in [0.1, 0.15) is 0 Å². The highest BCUT2D eigenvalue weighted by Crippen LogP contribution is 2.22. The number of rotatable bonds is 5. The zero-order valence-corrected chi connectivity index (χ0v) is 9.91. The summed E-state index contributed by atoms with van der Waals surface area (Å²) >= 11 is 0. The average Bonchev–Trinajstić information content (AvgIpc) is 2.16. The Bertz CT molecular complexity index is 196. The summed E-state index contributed by atoms with van der Waals surface area (Å²) in [5.74, 6) is 0.727.